The van der Waals surface area contributed by atoms with Gasteiger partial charge in [0.1, 0.15) is 0 Å². The Morgan fingerprint density at radius 3 is 0.833 bits per heavy atom. The van der Waals surface area contributed by atoms with Gasteiger partial charge < -0.3 is 5.48 Å². The van der Waals surface area contributed by atoms with E-state index >= 15 is 0 Å². The van der Waals surface area contributed by atoms with Crippen LogP contribution in [0, 0.1) is 0 Å². The van der Waals surface area contributed by atoms with Crippen LogP contribution in [0.1, 0.15) is 0 Å². The van der Waals surface area contributed by atoms with Crippen LogP contribution in [0.5, 0.6) is 0 Å². The third-order valence-electron chi connectivity index (χ3n) is 0. The Labute approximate surface area is 43.9 Å². The Hall–Kier alpha value is 0.759. The van der Waals surface area contributed by atoms with Crippen molar-refractivity contribution < 1.29 is 5.48 Å². The average molecular weight is 197 g/mol. The molecule has 0 fully saturated rings. The van der Waals surface area contributed by atoms with Crippen molar-refractivity contribution in [2.75, 3.05) is 0 Å². The first-order valence-corrected chi connectivity index (χ1v) is 13.4. The molecule has 0 aromatic heterocycles. The van der Waals surface area contributed by atoms with E-state index < -0.39 is 18.4 Å². The Balaban J connectivity index is 0. The molecule has 0 rings (SSSR count). The van der Waals surface area contributed by atoms with Gasteiger partial charge in [-0.2, -0.15) is 0 Å². The van der Waals surface area contributed by atoms with Crippen molar-refractivity contribution in [3.8, 4) is 0 Å². The Kier molecular flexibility index (Phi) is 4.71. The van der Waals surface area contributed by atoms with Gasteiger partial charge in [0, 0.05) is 0 Å². The van der Waals surface area contributed by atoms with E-state index in [4.69, 9.17) is 0 Å². The maximum absolute atomic E-state index is 2.40. The van der Waals surface area contributed by atoms with E-state index in [1.54, 1.807) is 0 Å². The third-order valence-corrected chi connectivity index (χ3v) is 0. The van der Waals surface area contributed by atoms with Crippen LogP contribution in [0.3, 0.4) is 0 Å². The quantitative estimate of drug-likeness (QED) is 0.521. The van der Waals surface area contributed by atoms with Crippen LogP contribution in [0.15, 0.2) is 0 Å². The summed E-state index contributed by atoms with van der Waals surface area (Å²) < 4.78 is 0. The van der Waals surface area contributed by atoms with E-state index in [9.17, 15) is 0 Å². The first-order valence-electron chi connectivity index (χ1n) is 2.00. The molecule has 0 aliphatic carbocycles. The zero-order valence-corrected chi connectivity index (χ0v) is 7.85. The minimum absolute atomic E-state index is 0. The van der Waals surface area contributed by atoms with E-state index in [2.05, 4.69) is 19.8 Å². The summed E-state index contributed by atoms with van der Waals surface area (Å²) in [5.41, 5.74) is 0. The van der Waals surface area contributed by atoms with Crippen molar-refractivity contribution in [1.29, 1.82) is 0 Å². The van der Waals surface area contributed by atoms with E-state index in [1.807, 2.05) is 0 Å². The molecule has 0 saturated carbocycles. The Morgan fingerprint density at radius 2 is 0.833 bits per heavy atom. The van der Waals surface area contributed by atoms with Gasteiger partial charge in [-0.15, -0.1) is 0 Å². The normalized spacial score (nSPS) is 10.0. The first kappa shape index (κ1) is 9.90. The van der Waals surface area contributed by atoms with Crippen molar-refractivity contribution in [3.05, 3.63) is 0 Å². The molecule has 0 aromatic rings. The van der Waals surface area contributed by atoms with E-state index in [0.29, 0.717) is 0 Å². The fourth-order valence-electron chi connectivity index (χ4n) is 0. The van der Waals surface area contributed by atoms with Crippen LogP contribution < -0.4 is 0 Å². The van der Waals surface area contributed by atoms with Crippen molar-refractivity contribution in [1.82, 2.24) is 0 Å². The van der Waals surface area contributed by atoms with Gasteiger partial charge in [-0.05, 0) is 0 Å². The summed E-state index contributed by atoms with van der Waals surface area (Å²) in [5, 5.41) is 0. The zero-order chi connectivity index (χ0) is 4.50. The SMILES string of the molecule is O.[CH3][Sn]([CH3])([CH3])[CH3]. The molecule has 2 heteroatoms. The molecule has 2 N–H and O–H groups in total. The standard InChI is InChI=1S/4CH3.H2O.Sn/h4*1H3;1H2;. The summed E-state index contributed by atoms with van der Waals surface area (Å²) in [6.07, 6.45) is 0. The summed E-state index contributed by atoms with van der Waals surface area (Å²) in [6, 6.07) is 0. The van der Waals surface area contributed by atoms with Crippen molar-refractivity contribution in [2.45, 2.75) is 19.8 Å². The van der Waals surface area contributed by atoms with E-state index in [0.717, 1.165) is 0 Å². The monoisotopic (exact) mass is 198 g/mol. The second-order valence-corrected chi connectivity index (χ2v) is 20.1. The summed E-state index contributed by atoms with van der Waals surface area (Å²) in [7, 11) is 0. The molecule has 0 unspecified atom stereocenters. The van der Waals surface area contributed by atoms with Gasteiger partial charge in [0.25, 0.3) is 0 Å². The van der Waals surface area contributed by atoms with Crippen LogP contribution in [-0.4, -0.2) is 23.9 Å². The molecule has 0 aromatic carbocycles. The van der Waals surface area contributed by atoms with Gasteiger partial charge in [-0.3, -0.25) is 0 Å². The molecule has 6 heavy (non-hydrogen) atoms. The molecule has 0 atom stereocenters. The average Bonchev–Trinajstić information content (AvgIpc) is 0.722. The number of rotatable bonds is 0. The number of hydrogen-bond donors (Lipinski definition) is 0. The van der Waals surface area contributed by atoms with Gasteiger partial charge in [0.15, 0.2) is 0 Å². The fraction of sp³-hybridized carbons (Fsp3) is 1.00. The minimum atomic E-state index is -1.18. The molecule has 0 heterocycles. The van der Waals surface area contributed by atoms with Gasteiger partial charge in [0.05, 0.1) is 0 Å². The fourth-order valence-corrected chi connectivity index (χ4v) is 0. The van der Waals surface area contributed by atoms with E-state index in [-0.39, 0.29) is 5.48 Å². The Morgan fingerprint density at radius 1 is 0.833 bits per heavy atom. The summed E-state index contributed by atoms with van der Waals surface area (Å²) in [5.74, 6) is 0. The molecule has 40 valence electrons. The van der Waals surface area contributed by atoms with Crippen LogP contribution >= 0.6 is 0 Å². The van der Waals surface area contributed by atoms with Crippen LogP contribution in [0.2, 0.25) is 19.8 Å². The van der Waals surface area contributed by atoms with Crippen LogP contribution in [0.4, 0.5) is 0 Å². The Bertz CT molecular complexity index is 23.0. The number of hydrogen-bond acceptors (Lipinski definition) is 0. The molecule has 0 amide bonds. The first-order chi connectivity index (χ1) is 2.00. The predicted molar refractivity (Wildman–Crippen MR) is 32.8 cm³/mol. The van der Waals surface area contributed by atoms with Gasteiger partial charge in [-0.25, -0.2) is 0 Å². The molecular weight excluding hydrogens is 183 g/mol. The van der Waals surface area contributed by atoms with Gasteiger partial charge >= 0.3 is 38.1 Å². The van der Waals surface area contributed by atoms with E-state index in [1.165, 1.54) is 0 Å². The zero-order valence-electron chi connectivity index (χ0n) is 5.00. The molecule has 0 aliphatic heterocycles. The van der Waals surface area contributed by atoms with Crippen molar-refractivity contribution in [2.24, 2.45) is 0 Å². The maximum atomic E-state index is 2.40. The predicted octanol–water partition coefficient (Wildman–Crippen LogP) is 1.13. The summed E-state index contributed by atoms with van der Waals surface area (Å²) >= 11 is -1.18. The molecule has 0 bridgehead atoms. The van der Waals surface area contributed by atoms with Crippen LogP contribution in [-0.2, 0) is 0 Å². The molecule has 0 radical (unpaired) electrons. The van der Waals surface area contributed by atoms with Crippen molar-refractivity contribution in [3.63, 3.8) is 0 Å². The topological polar surface area (TPSA) is 31.5 Å². The third kappa shape index (κ3) is 117. The summed E-state index contributed by atoms with van der Waals surface area (Å²) in [6.45, 7) is 0. The molecule has 0 aliphatic rings. The van der Waals surface area contributed by atoms with Crippen LogP contribution in [0.25, 0.3) is 0 Å². The van der Waals surface area contributed by atoms with Crippen molar-refractivity contribution >= 4 is 18.4 Å². The molecule has 0 spiro atoms. The van der Waals surface area contributed by atoms with Gasteiger partial charge in [-0.1, -0.05) is 0 Å². The summed E-state index contributed by atoms with van der Waals surface area (Å²) in [4.78, 5) is 9.59. The molecular formula is C4H14OSn. The van der Waals surface area contributed by atoms with Gasteiger partial charge in [0.2, 0.25) is 0 Å². The second-order valence-electron chi connectivity index (χ2n) is 3.00. The molecule has 0 saturated heterocycles. The second kappa shape index (κ2) is 2.85. The molecule has 1 nitrogen and oxygen atoms in total.